The Morgan fingerprint density at radius 2 is 1.68 bits per heavy atom. The molecule has 0 aliphatic heterocycles. The minimum absolute atomic E-state index is 0.446. The van der Waals surface area contributed by atoms with Crippen molar-refractivity contribution in [1.29, 1.82) is 0 Å². The van der Waals surface area contributed by atoms with E-state index in [1.165, 1.54) is 5.25 Å². The first kappa shape index (κ1) is 17.7. The van der Waals surface area contributed by atoms with Gasteiger partial charge in [0, 0.05) is 12.3 Å². The smallest absolute Gasteiger partial charge is 0.254 e. The zero-order chi connectivity index (χ0) is 15.2. The van der Waals surface area contributed by atoms with Gasteiger partial charge in [-0.1, -0.05) is 12.8 Å². The minimum Gasteiger partial charge on any atom is -0.254 e. The molecule has 108 valence electrons. The van der Waals surface area contributed by atoms with Crippen molar-refractivity contribution in [3.8, 4) is 23.0 Å². The Kier molecular flexibility index (Phi) is 6.27. The highest BCUT2D eigenvalue weighted by atomic mass is 32.2. The normalized spacial score (nSPS) is 12.1. The van der Waals surface area contributed by atoms with Crippen LogP contribution in [-0.4, -0.2) is 27.1 Å². The Morgan fingerprint density at radius 3 is 2.16 bits per heavy atom. The van der Waals surface area contributed by atoms with Crippen LogP contribution in [0.5, 0.6) is 0 Å². The van der Waals surface area contributed by atoms with E-state index >= 15 is 0 Å². The van der Waals surface area contributed by atoms with Gasteiger partial charge in [-0.05, 0) is 12.3 Å². The summed E-state index contributed by atoms with van der Waals surface area (Å²) in [6.07, 6.45) is -4.74. The predicted molar refractivity (Wildman–Crippen MR) is 56.3 cm³/mol. The van der Waals surface area contributed by atoms with Crippen molar-refractivity contribution in [3.63, 3.8) is 0 Å². The quantitative estimate of drug-likeness (QED) is 0.455. The number of halogens is 5. The third-order valence-corrected chi connectivity index (χ3v) is 2.29. The molecule has 19 heavy (non-hydrogen) atoms. The van der Waals surface area contributed by atoms with Crippen molar-refractivity contribution in [2.45, 2.75) is 31.9 Å². The van der Waals surface area contributed by atoms with Gasteiger partial charge in [-0.2, -0.15) is 30.4 Å². The minimum atomic E-state index is -5.89. The summed E-state index contributed by atoms with van der Waals surface area (Å²) >= 11 is 0. The Morgan fingerprint density at radius 1 is 1.11 bits per heavy atom. The van der Waals surface area contributed by atoms with E-state index in [2.05, 4.69) is 16.0 Å². The third kappa shape index (κ3) is 6.99. The average molecular weight is 304 g/mol. The van der Waals surface area contributed by atoms with E-state index in [-0.39, 0.29) is 0 Å². The molecule has 0 aliphatic carbocycles. The van der Waals surface area contributed by atoms with E-state index in [1.54, 1.807) is 12.8 Å². The van der Waals surface area contributed by atoms with Gasteiger partial charge in [0.05, 0.1) is 5.25 Å². The molecule has 0 N–H and O–H groups in total. The number of hydrogen-bond donors (Lipinski definition) is 0. The fourth-order valence-electron chi connectivity index (χ4n) is 0.583. The summed E-state index contributed by atoms with van der Waals surface area (Å²) in [4.78, 5) is 0. The second-order valence-corrected chi connectivity index (χ2v) is 4.55. The summed E-state index contributed by atoms with van der Waals surface area (Å²) in [6, 6.07) is 0. The van der Waals surface area contributed by atoms with Crippen LogP contribution in [0.15, 0.2) is 0 Å². The van der Waals surface area contributed by atoms with Gasteiger partial charge in [-0.25, -0.2) is 0 Å². The van der Waals surface area contributed by atoms with E-state index in [4.69, 9.17) is 0 Å². The standard InChI is InChI=1S/C10H9F5O3S/c1-2-3-4-5-6-7-19(16,17)18-8-9(11,12)10(13,14)15/h2-3,8H2,1H3. The van der Waals surface area contributed by atoms with Gasteiger partial charge in [0.1, 0.15) is 6.61 Å². The van der Waals surface area contributed by atoms with Crippen molar-refractivity contribution >= 4 is 10.1 Å². The molecule has 9 heteroatoms. The highest BCUT2D eigenvalue weighted by Gasteiger charge is 2.58. The van der Waals surface area contributed by atoms with Crippen molar-refractivity contribution < 1.29 is 34.6 Å². The molecule has 0 aromatic carbocycles. The molecule has 0 heterocycles. The fourth-order valence-corrected chi connectivity index (χ4v) is 1.12. The lowest BCUT2D eigenvalue weighted by atomic mass is 10.3. The van der Waals surface area contributed by atoms with Gasteiger partial charge in [0.25, 0.3) is 0 Å². The molecule has 0 unspecified atom stereocenters. The van der Waals surface area contributed by atoms with Crippen molar-refractivity contribution in [2.75, 3.05) is 6.61 Å². The van der Waals surface area contributed by atoms with E-state index in [0.717, 1.165) is 0 Å². The van der Waals surface area contributed by atoms with Crippen molar-refractivity contribution in [1.82, 2.24) is 0 Å². The average Bonchev–Trinajstić information content (AvgIpc) is 2.25. The second kappa shape index (κ2) is 6.73. The Labute approximate surface area is 107 Å². The van der Waals surface area contributed by atoms with E-state index in [9.17, 15) is 30.4 Å². The molecule has 3 nitrogen and oxygen atoms in total. The highest BCUT2D eigenvalue weighted by Crippen LogP contribution is 2.35. The summed E-state index contributed by atoms with van der Waals surface area (Å²) in [5, 5.41) is 1.37. The molecule has 0 rings (SSSR count). The monoisotopic (exact) mass is 304 g/mol. The summed E-state index contributed by atoms with van der Waals surface area (Å²) in [6.45, 7) is -0.545. The molecule has 0 saturated carbocycles. The van der Waals surface area contributed by atoms with Crippen LogP contribution in [0.1, 0.15) is 19.8 Å². The summed E-state index contributed by atoms with van der Waals surface area (Å²) in [5.74, 6) is 1.04. The SMILES string of the molecule is CCCC#CC#CS(=O)(=O)OCC(F)(F)C(F)(F)F. The van der Waals surface area contributed by atoms with Crippen LogP contribution in [0.4, 0.5) is 22.0 Å². The molecule has 0 fully saturated rings. The van der Waals surface area contributed by atoms with Gasteiger partial charge in [0.15, 0.2) is 0 Å². The molecule has 0 aliphatic rings. The Balaban J connectivity index is 4.62. The second-order valence-electron chi connectivity index (χ2n) is 3.20. The number of unbranched alkanes of at least 4 members (excludes halogenated alkanes) is 1. The molecule has 0 atom stereocenters. The van der Waals surface area contributed by atoms with Crippen molar-refractivity contribution in [3.05, 3.63) is 0 Å². The number of rotatable bonds is 4. The number of alkyl halides is 5. The molecule has 0 bridgehead atoms. The maximum Gasteiger partial charge on any atom is 0.455 e. The van der Waals surface area contributed by atoms with Crippen LogP contribution in [-0.2, 0) is 14.3 Å². The molecule has 0 saturated heterocycles. The molecule has 0 amide bonds. The van der Waals surface area contributed by atoms with E-state index in [1.807, 2.05) is 0 Å². The molecular weight excluding hydrogens is 295 g/mol. The Bertz CT molecular complexity index is 513. The molecule has 0 aromatic heterocycles. The summed E-state index contributed by atoms with van der Waals surface area (Å²) in [7, 11) is -4.81. The van der Waals surface area contributed by atoms with Crippen LogP contribution < -0.4 is 0 Å². The lowest BCUT2D eigenvalue weighted by Gasteiger charge is -2.17. The lowest BCUT2D eigenvalue weighted by Crippen LogP contribution is -2.41. The van der Waals surface area contributed by atoms with Crippen LogP contribution in [0.25, 0.3) is 0 Å². The largest absolute Gasteiger partial charge is 0.455 e. The topological polar surface area (TPSA) is 43.4 Å². The maximum absolute atomic E-state index is 12.4. The predicted octanol–water partition coefficient (Wildman–Crippen LogP) is 2.29. The number of hydrogen-bond acceptors (Lipinski definition) is 3. The Hall–Kier alpha value is -1.32. The highest BCUT2D eigenvalue weighted by molar-refractivity contribution is 7.91. The first-order valence-corrected chi connectivity index (χ1v) is 6.26. The van der Waals surface area contributed by atoms with Crippen LogP contribution >= 0.6 is 0 Å². The van der Waals surface area contributed by atoms with E-state index in [0.29, 0.717) is 12.8 Å². The first-order chi connectivity index (χ1) is 8.52. The summed E-state index contributed by atoms with van der Waals surface area (Å²) in [5.41, 5.74) is 0. The molecule has 0 spiro atoms. The van der Waals surface area contributed by atoms with Crippen LogP contribution in [0.2, 0.25) is 0 Å². The maximum atomic E-state index is 12.4. The summed E-state index contributed by atoms with van der Waals surface area (Å²) < 4.78 is 85.1. The fraction of sp³-hybridized carbons (Fsp3) is 0.600. The van der Waals surface area contributed by atoms with Gasteiger partial charge < -0.3 is 0 Å². The zero-order valence-corrected chi connectivity index (χ0v) is 10.5. The van der Waals surface area contributed by atoms with Gasteiger partial charge in [-0.3, -0.25) is 4.18 Å². The van der Waals surface area contributed by atoms with Gasteiger partial charge in [-0.15, -0.1) is 0 Å². The third-order valence-electron chi connectivity index (χ3n) is 1.51. The first-order valence-electron chi connectivity index (χ1n) is 4.85. The van der Waals surface area contributed by atoms with Crippen LogP contribution in [0, 0.1) is 23.0 Å². The van der Waals surface area contributed by atoms with Crippen molar-refractivity contribution in [2.24, 2.45) is 0 Å². The van der Waals surface area contributed by atoms with Gasteiger partial charge in [0.2, 0.25) is 0 Å². The molecule has 0 aromatic rings. The van der Waals surface area contributed by atoms with E-state index < -0.39 is 28.8 Å². The van der Waals surface area contributed by atoms with Gasteiger partial charge >= 0.3 is 22.2 Å². The molecule has 0 radical (unpaired) electrons. The zero-order valence-electron chi connectivity index (χ0n) is 9.64. The van der Waals surface area contributed by atoms with Crippen LogP contribution in [0.3, 0.4) is 0 Å². The molecular formula is C10H9F5O3S. The lowest BCUT2D eigenvalue weighted by molar-refractivity contribution is -0.289.